The fraction of sp³-hybridized carbons (Fsp3) is 0.500. The Morgan fingerprint density at radius 3 is 2.86 bits per heavy atom. The van der Waals surface area contributed by atoms with Gasteiger partial charge in [0.1, 0.15) is 23.4 Å². The summed E-state index contributed by atoms with van der Waals surface area (Å²) in [6, 6.07) is 4.80. The number of rotatable bonds is 10. The average molecular weight is 488 g/mol. The summed E-state index contributed by atoms with van der Waals surface area (Å²) in [5.41, 5.74) is 3.80. The summed E-state index contributed by atoms with van der Waals surface area (Å²) < 4.78 is 16.5. The molecule has 1 saturated carbocycles. The van der Waals surface area contributed by atoms with Gasteiger partial charge in [0.25, 0.3) is 5.91 Å². The summed E-state index contributed by atoms with van der Waals surface area (Å²) in [6.07, 6.45) is 4.75. The van der Waals surface area contributed by atoms with E-state index in [2.05, 4.69) is 20.8 Å². The number of carbonyl (C=O) groups excluding carboxylic acids is 2. The van der Waals surface area contributed by atoms with Gasteiger partial charge in [-0.3, -0.25) is 9.79 Å². The molecule has 0 aliphatic heterocycles. The van der Waals surface area contributed by atoms with E-state index in [1.807, 2.05) is 20.8 Å². The summed E-state index contributed by atoms with van der Waals surface area (Å²) in [5, 5.41) is 17.2. The van der Waals surface area contributed by atoms with Gasteiger partial charge in [0.15, 0.2) is 6.61 Å². The normalized spacial score (nSPS) is 17.5. The van der Waals surface area contributed by atoms with E-state index in [1.54, 1.807) is 18.3 Å². The standard InChI is InChI=1S/C24H33N5O6/c1-5-25-13-18-20(30)11-16(33-4)12-22(18)34-14-23(31)28-29-19(9-10-26-29)17-7-6-8-21(17)35-24(32)27-15(2)3/h9-13,15,17,21,30H,5-8,14H2,1-4H3,(H,27,32)(H,28,31)/b25-13+. The second kappa shape index (κ2) is 12.1. The van der Waals surface area contributed by atoms with Crippen LogP contribution >= 0.6 is 0 Å². The molecular formula is C24H33N5O6. The molecule has 2 amide bonds. The quantitative estimate of drug-likeness (QED) is 0.438. The molecule has 1 fully saturated rings. The van der Waals surface area contributed by atoms with E-state index in [1.165, 1.54) is 24.2 Å². The van der Waals surface area contributed by atoms with Crippen LogP contribution in [0.1, 0.15) is 57.2 Å². The number of benzene rings is 1. The smallest absolute Gasteiger partial charge is 0.407 e. The molecule has 1 aliphatic rings. The van der Waals surface area contributed by atoms with Crippen molar-refractivity contribution in [3.05, 3.63) is 35.7 Å². The molecule has 1 aliphatic carbocycles. The van der Waals surface area contributed by atoms with E-state index in [9.17, 15) is 14.7 Å². The Kier molecular flexibility index (Phi) is 8.93. The van der Waals surface area contributed by atoms with Crippen molar-refractivity contribution in [2.24, 2.45) is 4.99 Å². The number of phenolic OH excluding ortho intramolecular Hbond substituents is 1. The van der Waals surface area contributed by atoms with Crippen LogP contribution in [0.2, 0.25) is 0 Å². The third-order valence-electron chi connectivity index (χ3n) is 5.49. The molecule has 1 aromatic heterocycles. The lowest BCUT2D eigenvalue weighted by molar-refractivity contribution is -0.119. The number of aliphatic imine (C=N–C) groups is 1. The van der Waals surface area contributed by atoms with Crippen LogP contribution in [0.4, 0.5) is 4.79 Å². The minimum Gasteiger partial charge on any atom is -0.507 e. The predicted molar refractivity (Wildman–Crippen MR) is 130 cm³/mol. The average Bonchev–Trinajstić information content (AvgIpc) is 3.45. The Morgan fingerprint density at radius 2 is 2.14 bits per heavy atom. The molecule has 1 aromatic carbocycles. The number of hydrogen-bond acceptors (Lipinski definition) is 8. The zero-order chi connectivity index (χ0) is 25.4. The summed E-state index contributed by atoms with van der Waals surface area (Å²) >= 11 is 0. The molecule has 0 saturated heterocycles. The number of carbonyl (C=O) groups is 2. The van der Waals surface area contributed by atoms with Gasteiger partial charge in [0, 0.05) is 36.9 Å². The minimum atomic E-state index is -0.455. The molecule has 3 N–H and O–H groups in total. The van der Waals surface area contributed by atoms with Crippen LogP contribution in [0.25, 0.3) is 0 Å². The third kappa shape index (κ3) is 6.87. The second-order valence-electron chi connectivity index (χ2n) is 8.46. The molecule has 1 heterocycles. The van der Waals surface area contributed by atoms with E-state index >= 15 is 0 Å². The number of ether oxygens (including phenoxy) is 3. The molecule has 3 rings (SSSR count). The van der Waals surface area contributed by atoms with Crippen LogP contribution < -0.4 is 20.2 Å². The van der Waals surface area contributed by atoms with E-state index in [-0.39, 0.29) is 36.2 Å². The SMILES string of the molecule is CC/N=C/c1c(O)cc(OC)cc1OCC(=O)Nn1nccc1C1CCCC1OC(=O)NC(C)C. The molecule has 2 aromatic rings. The van der Waals surface area contributed by atoms with Gasteiger partial charge in [0.05, 0.1) is 24.6 Å². The van der Waals surface area contributed by atoms with E-state index in [0.29, 0.717) is 17.9 Å². The molecule has 35 heavy (non-hydrogen) atoms. The number of alkyl carbamates (subject to hydrolysis) is 1. The van der Waals surface area contributed by atoms with Gasteiger partial charge in [-0.2, -0.15) is 9.89 Å². The predicted octanol–water partition coefficient (Wildman–Crippen LogP) is 2.96. The van der Waals surface area contributed by atoms with Crippen molar-refractivity contribution in [3.63, 3.8) is 0 Å². The zero-order valence-corrected chi connectivity index (χ0v) is 20.5. The lowest BCUT2D eigenvalue weighted by Gasteiger charge is -2.22. The van der Waals surface area contributed by atoms with Crippen LogP contribution in [-0.4, -0.2) is 65.6 Å². The Balaban J connectivity index is 1.67. The van der Waals surface area contributed by atoms with Crippen molar-refractivity contribution in [3.8, 4) is 17.2 Å². The maximum absolute atomic E-state index is 12.7. The first-order chi connectivity index (χ1) is 16.8. The fourth-order valence-electron chi connectivity index (χ4n) is 3.93. The molecular weight excluding hydrogens is 454 g/mol. The van der Waals surface area contributed by atoms with Gasteiger partial charge in [-0.25, -0.2) is 10.2 Å². The molecule has 2 unspecified atom stereocenters. The van der Waals surface area contributed by atoms with Crippen molar-refractivity contribution in [1.82, 2.24) is 15.2 Å². The van der Waals surface area contributed by atoms with Crippen LogP contribution in [0, 0.1) is 0 Å². The molecule has 0 bridgehead atoms. The number of phenols is 1. The highest BCUT2D eigenvalue weighted by atomic mass is 16.6. The molecule has 11 nitrogen and oxygen atoms in total. The number of nitrogens with zero attached hydrogens (tertiary/aromatic N) is 3. The Labute approximate surface area is 204 Å². The highest BCUT2D eigenvalue weighted by molar-refractivity contribution is 5.89. The van der Waals surface area contributed by atoms with Gasteiger partial charge < -0.3 is 24.6 Å². The molecule has 0 radical (unpaired) electrons. The summed E-state index contributed by atoms with van der Waals surface area (Å²) in [4.78, 5) is 30.3. The lowest BCUT2D eigenvalue weighted by atomic mass is 10.0. The van der Waals surface area contributed by atoms with E-state index < -0.39 is 12.0 Å². The highest BCUT2D eigenvalue weighted by Crippen LogP contribution is 2.36. The summed E-state index contributed by atoms with van der Waals surface area (Å²) in [5.74, 6) is 0.0255. The Bertz CT molecular complexity index is 1050. The largest absolute Gasteiger partial charge is 0.507 e. The first kappa shape index (κ1) is 25.9. The number of methoxy groups -OCH3 is 1. The van der Waals surface area contributed by atoms with Crippen LogP contribution in [0.15, 0.2) is 29.4 Å². The number of nitrogens with one attached hydrogen (secondary N) is 2. The maximum Gasteiger partial charge on any atom is 0.407 e. The lowest BCUT2D eigenvalue weighted by Crippen LogP contribution is -2.36. The van der Waals surface area contributed by atoms with Gasteiger partial charge in [-0.15, -0.1) is 0 Å². The van der Waals surface area contributed by atoms with Crippen molar-refractivity contribution >= 4 is 18.2 Å². The summed E-state index contributed by atoms with van der Waals surface area (Å²) in [7, 11) is 1.47. The maximum atomic E-state index is 12.7. The monoisotopic (exact) mass is 487 g/mol. The minimum absolute atomic E-state index is 0.0209. The molecule has 0 spiro atoms. The Hall–Kier alpha value is -3.76. The fourth-order valence-corrected chi connectivity index (χ4v) is 3.93. The number of hydrogen-bond donors (Lipinski definition) is 3. The first-order valence-corrected chi connectivity index (χ1v) is 11.7. The van der Waals surface area contributed by atoms with Gasteiger partial charge in [-0.1, -0.05) is 0 Å². The van der Waals surface area contributed by atoms with Crippen molar-refractivity contribution in [1.29, 1.82) is 0 Å². The van der Waals surface area contributed by atoms with E-state index in [4.69, 9.17) is 14.2 Å². The molecule has 190 valence electrons. The topological polar surface area (TPSA) is 136 Å². The van der Waals surface area contributed by atoms with Crippen molar-refractivity contribution in [2.75, 3.05) is 25.7 Å². The molecule has 11 heteroatoms. The number of aromatic nitrogens is 2. The molecule has 2 atom stereocenters. The van der Waals surface area contributed by atoms with Gasteiger partial charge in [0.2, 0.25) is 0 Å². The number of aromatic hydroxyl groups is 1. The van der Waals surface area contributed by atoms with Crippen LogP contribution in [0.5, 0.6) is 17.2 Å². The Morgan fingerprint density at radius 1 is 1.34 bits per heavy atom. The van der Waals surface area contributed by atoms with Crippen LogP contribution in [-0.2, 0) is 9.53 Å². The highest BCUT2D eigenvalue weighted by Gasteiger charge is 2.34. The zero-order valence-electron chi connectivity index (χ0n) is 20.5. The third-order valence-corrected chi connectivity index (χ3v) is 5.49. The van der Waals surface area contributed by atoms with Crippen LogP contribution in [0.3, 0.4) is 0 Å². The van der Waals surface area contributed by atoms with Gasteiger partial charge in [-0.05, 0) is 46.1 Å². The second-order valence-corrected chi connectivity index (χ2v) is 8.46. The van der Waals surface area contributed by atoms with Crippen molar-refractivity contribution < 1.29 is 28.9 Å². The summed E-state index contributed by atoms with van der Waals surface area (Å²) in [6.45, 7) is 5.79. The van der Waals surface area contributed by atoms with E-state index in [0.717, 1.165) is 25.0 Å². The first-order valence-electron chi connectivity index (χ1n) is 11.7. The van der Waals surface area contributed by atoms with Crippen molar-refractivity contribution in [2.45, 2.75) is 58.1 Å². The number of amides is 2. The van der Waals surface area contributed by atoms with Gasteiger partial charge >= 0.3 is 6.09 Å².